The molecule has 0 radical (unpaired) electrons. The minimum atomic E-state index is -0.396. The fraction of sp³-hybridized carbons (Fsp3) is 0.125. The number of benzene rings is 2. The monoisotopic (exact) mass is 446 g/mol. The second kappa shape index (κ2) is 10.0. The molecule has 0 saturated heterocycles. The van der Waals surface area contributed by atoms with Gasteiger partial charge >= 0.3 is 0 Å². The van der Waals surface area contributed by atoms with Crippen molar-refractivity contribution in [2.45, 2.75) is 23.9 Å². The molecule has 0 aliphatic heterocycles. The summed E-state index contributed by atoms with van der Waals surface area (Å²) in [5.41, 5.74) is 0.687. The SMILES string of the molecule is C=CCn1c(SC(C)C(=O)Nc2ccc(Oc3ccccc3)cc2)nnc1-c1ccco1. The van der Waals surface area contributed by atoms with Crippen molar-refractivity contribution in [1.82, 2.24) is 14.8 Å². The van der Waals surface area contributed by atoms with E-state index in [9.17, 15) is 4.79 Å². The van der Waals surface area contributed by atoms with E-state index in [-0.39, 0.29) is 5.91 Å². The molecule has 8 heteroatoms. The lowest BCUT2D eigenvalue weighted by atomic mass is 10.3. The molecule has 4 rings (SSSR count). The van der Waals surface area contributed by atoms with Gasteiger partial charge in [0.2, 0.25) is 11.7 Å². The third kappa shape index (κ3) is 5.09. The van der Waals surface area contributed by atoms with E-state index in [4.69, 9.17) is 9.15 Å². The molecule has 0 aliphatic rings. The molecule has 1 atom stereocenters. The van der Waals surface area contributed by atoms with Crippen molar-refractivity contribution < 1.29 is 13.9 Å². The Hall–Kier alpha value is -3.78. The fourth-order valence-electron chi connectivity index (χ4n) is 2.94. The smallest absolute Gasteiger partial charge is 0.237 e. The highest BCUT2D eigenvalue weighted by Gasteiger charge is 2.21. The number of carbonyl (C=O) groups excluding carboxylic acids is 1. The van der Waals surface area contributed by atoms with Gasteiger partial charge in [-0.2, -0.15) is 0 Å². The Morgan fingerprint density at radius 2 is 1.88 bits per heavy atom. The van der Waals surface area contributed by atoms with Crippen molar-refractivity contribution in [2.24, 2.45) is 0 Å². The molecule has 162 valence electrons. The molecule has 7 nitrogen and oxygen atoms in total. The number of rotatable bonds is 9. The molecule has 1 unspecified atom stereocenters. The predicted octanol–water partition coefficient (Wildman–Crippen LogP) is 5.64. The zero-order valence-corrected chi connectivity index (χ0v) is 18.3. The molecule has 1 N–H and O–H groups in total. The second-order valence-electron chi connectivity index (χ2n) is 6.87. The topological polar surface area (TPSA) is 82.2 Å². The number of nitrogens with zero attached hydrogens (tertiary/aromatic N) is 3. The van der Waals surface area contributed by atoms with Crippen LogP contribution in [0.2, 0.25) is 0 Å². The Morgan fingerprint density at radius 3 is 2.56 bits per heavy atom. The molecule has 2 aromatic carbocycles. The number of carbonyl (C=O) groups is 1. The molecule has 1 amide bonds. The third-order valence-electron chi connectivity index (χ3n) is 4.52. The van der Waals surface area contributed by atoms with Crippen LogP contribution in [0.5, 0.6) is 11.5 Å². The van der Waals surface area contributed by atoms with Crippen LogP contribution in [-0.4, -0.2) is 25.9 Å². The van der Waals surface area contributed by atoms with E-state index in [0.717, 1.165) is 5.75 Å². The van der Waals surface area contributed by atoms with Crippen molar-refractivity contribution in [1.29, 1.82) is 0 Å². The molecule has 2 heterocycles. The lowest BCUT2D eigenvalue weighted by Gasteiger charge is -2.13. The van der Waals surface area contributed by atoms with Crippen LogP contribution < -0.4 is 10.1 Å². The first-order valence-corrected chi connectivity index (χ1v) is 10.9. The number of aromatic nitrogens is 3. The molecule has 0 aliphatic carbocycles. The Morgan fingerprint density at radius 1 is 1.12 bits per heavy atom. The highest BCUT2D eigenvalue weighted by Crippen LogP contribution is 2.28. The van der Waals surface area contributed by atoms with E-state index in [1.807, 2.05) is 72.2 Å². The van der Waals surface area contributed by atoms with Gasteiger partial charge in [-0.05, 0) is 55.5 Å². The maximum atomic E-state index is 12.7. The quantitative estimate of drug-likeness (QED) is 0.265. The van der Waals surface area contributed by atoms with Crippen molar-refractivity contribution in [3.05, 3.63) is 85.6 Å². The van der Waals surface area contributed by atoms with Crippen molar-refractivity contribution >= 4 is 23.4 Å². The average Bonchev–Trinajstić information content (AvgIpc) is 3.47. The van der Waals surface area contributed by atoms with E-state index < -0.39 is 5.25 Å². The number of allylic oxidation sites excluding steroid dienone is 1. The van der Waals surface area contributed by atoms with Gasteiger partial charge in [0.05, 0.1) is 11.5 Å². The minimum absolute atomic E-state index is 0.139. The lowest BCUT2D eigenvalue weighted by molar-refractivity contribution is -0.115. The molecular weight excluding hydrogens is 424 g/mol. The van der Waals surface area contributed by atoms with Crippen molar-refractivity contribution in [2.75, 3.05) is 5.32 Å². The van der Waals surface area contributed by atoms with Gasteiger partial charge in [0.1, 0.15) is 11.5 Å². The number of amides is 1. The standard InChI is InChI=1S/C24H22N4O3S/c1-3-15-28-22(21-10-7-16-30-21)26-27-24(28)32-17(2)23(29)25-18-11-13-20(14-12-18)31-19-8-5-4-6-9-19/h3-14,16-17H,1,15H2,2H3,(H,25,29). The van der Waals surface area contributed by atoms with Gasteiger partial charge in [-0.1, -0.05) is 36.0 Å². The van der Waals surface area contributed by atoms with Gasteiger partial charge < -0.3 is 14.5 Å². The molecule has 0 spiro atoms. The van der Waals surface area contributed by atoms with Gasteiger partial charge in [-0.15, -0.1) is 16.8 Å². The zero-order chi connectivity index (χ0) is 22.3. The van der Waals surface area contributed by atoms with Crippen LogP contribution in [0.1, 0.15) is 6.92 Å². The molecule has 2 aromatic heterocycles. The van der Waals surface area contributed by atoms with Crippen LogP contribution >= 0.6 is 11.8 Å². The Labute approximate surface area is 190 Å². The Bertz CT molecular complexity index is 1170. The summed E-state index contributed by atoms with van der Waals surface area (Å²) in [7, 11) is 0. The van der Waals surface area contributed by atoms with E-state index in [0.29, 0.717) is 34.7 Å². The van der Waals surface area contributed by atoms with Gasteiger partial charge in [0.25, 0.3) is 0 Å². The summed E-state index contributed by atoms with van der Waals surface area (Å²) in [6.45, 7) is 6.13. The fourth-order valence-corrected chi connectivity index (χ4v) is 3.80. The minimum Gasteiger partial charge on any atom is -0.461 e. The molecule has 0 saturated carbocycles. The summed E-state index contributed by atoms with van der Waals surface area (Å²) < 4.78 is 13.1. The van der Waals surface area contributed by atoms with Gasteiger partial charge in [-0.25, -0.2) is 0 Å². The van der Waals surface area contributed by atoms with Crippen LogP contribution in [0.15, 0.2) is 95.2 Å². The van der Waals surface area contributed by atoms with E-state index >= 15 is 0 Å². The summed E-state index contributed by atoms with van der Waals surface area (Å²) in [6.07, 6.45) is 3.34. The van der Waals surface area contributed by atoms with Gasteiger partial charge in [0, 0.05) is 12.2 Å². The summed E-state index contributed by atoms with van der Waals surface area (Å²) >= 11 is 1.32. The number of hydrogen-bond acceptors (Lipinski definition) is 6. The predicted molar refractivity (Wildman–Crippen MR) is 125 cm³/mol. The van der Waals surface area contributed by atoms with E-state index in [2.05, 4.69) is 22.1 Å². The lowest BCUT2D eigenvalue weighted by Crippen LogP contribution is -2.22. The number of para-hydroxylation sites is 1. The maximum Gasteiger partial charge on any atom is 0.237 e. The number of anilines is 1. The van der Waals surface area contributed by atoms with Crippen LogP contribution in [-0.2, 0) is 11.3 Å². The number of ether oxygens (including phenoxy) is 1. The number of furan rings is 1. The normalized spacial score (nSPS) is 11.7. The first kappa shape index (κ1) is 21.5. The Balaban J connectivity index is 1.39. The Kier molecular flexibility index (Phi) is 6.72. The van der Waals surface area contributed by atoms with E-state index in [1.165, 1.54) is 11.8 Å². The molecule has 0 bridgehead atoms. The van der Waals surface area contributed by atoms with E-state index in [1.54, 1.807) is 18.4 Å². The molecule has 32 heavy (non-hydrogen) atoms. The second-order valence-corrected chi connectivity index (χ2v) is 8.18. The summed E-state index contributed by atoms with van der Waals surface area (Å²) in [6, 6.07) is 20.4. The van der Waals surface area contributed by atoms with Crippen LogP contribution in [0.25, 0.3) is 11.6 Å². The number of nitrogens with one attached hydrogen (secondary N) is 1. The van der Waals surface area contributed by atoms with Crippen LogP contribution in [0.4, 0.5) is 5.69 Å². The zero-order valence-electron chi connectivity index (χ0n) is 17.5. The highest BCUT2D eigenvalue weighted by molar-refractivity contribution is 8.00. The molecular formula is C24H22N4O3S. The third-order valence-corrected chi connectivity index (χ3v) is 5.60. The van der Waals surface area contributed by atoms with Gasteiger partial charge in [-0.3, -0.25) is 9.36 Å². The summed E-state index contributed by atoms with van der Waals surface area (Å²) in [5, 5.41) is 11.6. The largest absolute Gasteiger partial charge is 0.461 e. The van der Waals surface area contributed by atoms with Crippen molar-refractivity contribution in [3.63, 3.8) is 0 Å². The van der Waals surface area contributed by atoms with Crippen LogP contribution in [0, 0.1) is 0 Å². The maximum absolute atomic E-state index is 12.7. The van der Waals surface area contributed by atoms with Crippen LogP contribution in [0.3, 0.4) is 0 Å². The summed E-state index contributed by atoms with van der Waals surface area (Å²) in [5.74, 6) is 2.52. The first-order chi connectivity index (χ1) is 15.6. The van der Waals surface area contributed by atoms with Gasteiger partial charge in [0.15, 0.2) is 10.9 Å². The molecule has 0 fully saturated rings. The number of thioether (sulfide) groups is 1. The first-order valence-electron chi connectivity index (χ1n) is 10.0. The summed E-state index contributed by atoms with van der Waals surface area (Å²) in [4.78, 5) is 12.7. The average molecular weight is 447 g/mol. The molecule has 4 aromatic rings. The number of hydrogen-bond donors (Lipinski definition) is 1. The highest BCUT2D eigenvalue weighted by atomic mass is 32.2. The van der Waals surface area contributed by atoms with Crippen molar-refractivity contribution in [3.8, 4) is 23.1 Å².